The molecule has 6 heteroatoms. The lowest BCUT2D eigenvalue weighted by Gasteiger charge is -2.27. The van der Waals surface area contributed by atoms with E-state index in [0.29, 0.717) is 13.1 Å². The van der Waals surface area contributed by atoms with Crippen molar-refractivity contribution in [1.29, 1.82) is 0 Å². The van der Waals surface area contributed by atoms with E-state index in [9.17, 15) is 13.2 Å². The lowest BCUT2D eigenvalue weighted by molar-refractivity contribution is -0.129. The maximum Gasteiger partial charge on any atom is 0.225 e. The molecule has 1 aliphatic rings. The summed E-state index contributed by atoms with van der Waals surface area (Å²) in [6.07, 6.45) is 5.61. The molecular formula is C19H30N2O3S. The molecule has 0 unspecified atom stereocenters. The van der Waals surface area contributed by atoms with E-state index in [1.807, 2.05) is 32.0 Å². The van der Waals surface area contributed by atoms with Gasteiger partial charge in [0, 0.05) is 24.5 Å². The van der Waals surface area contributed by atoms with Gasteiger partial charge in [-0.2, -0.15) is 4.31 Å². The second-order valence-corrected chi connectivity index (χ2v) is 9.54. The minimum atomic E-state index is -3.20. The Labute approximate surface area is 151 Å². The molecule has 1 fully saturated rings. The summed E-state index contributed by atoms with van der Waals surface area (Å²) in [5.74, 6) is 0.000845. The standard InChI is InChI=1S/C19H30N2O3S/c1-19(2,13-7-11-16-9-5-4-6-10-16)18(22)20-15-17-12-8-14-21(17)25(3,23)24/h4-6,9-10,17H,7-8,11-15H2,1-3H3,(H,20,22)/t17-/m1/s1. The van der Waals surface area contributed by atoms with E-state index in [-0.39, 0.29) is 11.9 Å². The number of carbonyl (C=O) groups is 1. The fourth-order valence-corrected chi connectivity index (χ4v) is 4.57. The number of rotatable bonds is 8. The van der Waals surface area contributed by atoms with Crippen molar-refractivity contribution in [3.05, 3.63) is 35.9 Å². The predicted octanol–water partition coefficient (Wildman–Crippen LogP) is 2.58. The number of amides is 1. The van der Waals surface area contributed by atoms with Gasteiger partial charge in [0.25, 0.3) is 0 Å². The quantitative estimate of drug-likeness (QED) is 0.769. The second kappa shape index (κ2) is 8.32. The first-order valence-corrected chi connectivity index (χ1v) is 10.8. The Bertz CT molecular complexity index is 671. The normalized spacial score (nSPS) is 19.1. The highest BCUT2D eigenvalue weighted by molar-refractivity contribution is 7.88. The summed E-state index contributed by atoms with van der Waals surface area (Å²) in [6, 6.07) is 10.2. The Morgan fingerprint density at radius 2 is 1.96 bits per heavy atom. The molecule has 1 atom stereocenters. The van der Waals surface area contributed by atoms with Crippen LogP contribution < -0.4 is 5.32 Å². The monoisotopic (exact) mass is 366 g/mol. The van der Waals surface area contributed by atoms with Crippen molar-refractivity contribution < 1.29 is 13.2 Å². The van der Waals surface area contributed by atoms with E-state index in [1.165, 1.54) is 16.1 Å². The average molecular weight is 367 g/mol. The molecule has 1 amide bonds. The van der Waals surface area contributed by atoms with Crippen molar-refractivity contribution in [2.45, 2.75) is 52.0 Å². The average Bonchev–Trinajstić information content (AvgIpc) is 3.02. The zero-order valence-electron chi connectivity index (χ0n) is 15.5. The first-order chi connectivity index (χ1) is 11.7. The van der Waals surface area contributed by atoms with Gasteiger partial charge in [-0.05, 0) is 37.7 Å². The van der Waals surface area contributed by atoms with Crippen molar-refractivity contribution in [2.24, 2.45) is 5.41 Å². The number of sulfonamides is 1. The number of nitrogens with one attached hydrogen (secondary N) is 1. The summed E-state index contributed by atoms with van der Waals surface area (Å²) in [5, 5.41) is 2.97. The number of carbonyl (C=O) groups excluding carboxylic acids is 1. The van der Waals surface area contributed by atoms with Crippen molar-refractivity contribution in [1.82, 2.24) is 9.62 Å². The van der Waals surface area contributed by atoms with Gasteiger partial charge in [0.05, 0.1) is 6.26 Å². The zero-order chi connectivity index (χ0) is 18.5. The van der Waals surface area contributed by atoms with E-state index in [0.717, 1.165) is 32.1 Å². The molecule has 1 aromatic rings. The first kappa shape index (κ1) is 19.9. The topological polar surface area (TPSA) is 66.5 Å². The van der Waals surface area contributed by atoms with E-state index in [4.69, 9.17) is 0 Å². The highest BCUT2D eigenvalue weighted by Gasteiger charge is 2.33. The fourth-order valence-electron chi connectivity index (χ4n) is 3.39. The SMILES string of the molecule is CC(C)(CCCc1ccccc1)C(=O)NC[C@H]1CCCN1S(C)(=O)=O. The Morgan fingerprint density at radius 3 is 2.60 bits per heavy atom. The number of nitrogens with zero attached hydrogens (tertiary/aromatic N) is 1. The van der Waals surface area contributed by atoms with Gasteiger partial charge in [-0.1, -0.05) is 44.2 Å². The van der Waals surface area contributed by atoms with Crippen LogP contribution in [0.1, 0.15) is 45.1 Å². The van der Waals surface area contributed by atoms with Crippen LogP contribution in [-0.2, 0) is 21.2 Å². The molecule has 1 heterocycles. The van der Waals surface area contributed by atoms with Crippen LogP contribution in [0.15, 0.2) is 30.3 Å². The Kier molecular flexibility index (Phi) is 6.63. The number of hydrogen-bond acceptors (Lipinski definition) is 3. The van der Waals surface area contributed by atoms with Crippen LogP contribution in [0, 0.1) is 5.41 Å². The van der Waals surface area contributed by atoms with Crippen LogP contribution in [0.5, 0.6) is 0 Å². The van der Waals surface area contributed by atoms with Gasteiger partial charge in [0.1, 0.15) is 0 Å². The molecule has 0 aliphatic carbocycles. The summed E-state index contributed by atoms with van der Waals surface area (Å²) in [4.78, 5) is 12.5. The van der Waals surface area contributed by atoms with Crippen molar-refractivity contribution in [3.63, 3.8) is 0 Å². The molecule has 25 heavy (non-hydrogen) atoms. The van der Waals surface area contributed by atoms with Crippen LogP contribution in [0.4, 0.5) is 0 Å². The summed E-state index contributed by atoms with van der Waals surface area (Å²) < 4.78 is 25.1. The Hall–Kier alpha value is -1.40. The number of benzene rings is 1. The van der Waals surface area contributed by atoms with Crippen LogP contribution in [0.2, 0.25) is 0 Å². The van der Waals surface area contributed by atoms with Crippen LogP contribution >= 0.6 is 0 Å². The largest absolute Gasteiger partial charge is 0.354 e. The molecule has 0 saturated carbocycles. The van der Waals surface area contributed by atoms with Gasteiger partial charge < -0.3 is 5.32 Å². The van der Waals surface area contributed by atoms with E-state index in [1.54, 1.807) is 0 Å². The molecule has 0 radical (unpaired) electrons. The molecule has 1 aliphatic heterocycles. The predicted molar refractivity (Wildman–Crippen MR) is 101 cm³/mol. The van der Waals surface area contributed by atoms with Crippen molar-refractivity contribution >= 4 is 15.9 Å². The maximum atomic E-state index is 12.5. The minimum Gasteiger partial charge on any atom is -0.354 e. The Morgan fingerprint density at radius 1 is 1.28 bits per heavy atom. The molecule has 0 bridgehead atoms. The number of aryl methyl sites for hydroxylation is 1. The lowest BCUT2D eigenvalue weighted by Crippen LogP contribution is -2.46. The molecule has 0 spiro atoms. The smallest absolute Gasteiger partial charge is 0.225 e. The van der Waals surface area contributed by atoms with Crippen molar-refractivity contribution in [2.75, 3.05) is 19.3 Å². The second-order valence-electron chi connectivity index (χ2n) is 7.60. The van der Waals surface area contributed by atoms with Gasteiger partial charge in [0.2, 0.25) is 15.9 Å². The first-order valence-electron chi connectivity index (χ1n) is 8.99. The highest BCUT2D eigenvalue weighted by Crippen LogP contribution is 2.25. The number of hydrogen-bond donors (Lipinski definition) is 1. The van der Waals surface area contributed by atoms with Gasteiger partial charge in [0.15, 0.2) is 0 Å². The Balaban J connectivity index is 1.80. The molecule has 1 saturated heterocycles. The molecule has 140 valence electrons. The third kappa shape index (κ3) is 5.82. The molecule has 0 aromatic heterocycles. The molecule has 1 aromatic carbocycles. The zero-order valence-corrected chi connectivity index (χ0v) is 16.3. The third-order valence-corrected chi connectivity index (χ3v) is 6.30. The van der Waals surface area contributed by atoms with Gasteiger partial charge >= 0.3 is 0 Å². The van der Waals surface area contributed by atoms with Gasteiger partial charge in [-0.3, -0.25) is 4.79 Å². The summed E-state index contributed by atoms with van der Waals surface area (Å²) in [5.41, 5.74) is 0.831. The van der Waals surface area contributed by atoms with Crippen LogP contribution in [0.3, 0.4) is 0 Å². The summed E-state index contributed by atoms with van der Waals surface area (Å²) in [7, 11) is -3.20. The summed E-state index contributed by atoms with van der Waals surface area (Å²) in [6.45, 7) is 4.86. The van der Waals surface area contributed by atoms with Crippen LogP contribution in [-0.4, -0.2) is 44.0 Å². The van der Waals surface area contributed by atoms with E-state index < -0.39 is 15.4 Å². The van der Waals surface area contributed by atoms with Gasteiger partial charge in [-0.25, -0.2) is 8.42 Å². The molecule has 1 N–H and O–H groups in total. The highest BCUT2D eigenvalue weighted by atomic mass is 32.2. The molecule has 5 nitrogen and oxygen atoms in total. The van der Waals surface area contributed by atoms with Gasteiger partial charge in [-0.15, -0.1) is 0 Å². The minimum absolute atomic E-state index is 0.000845. The van der Waals surface area contributed by atoms with Crippen LogP contribution in [0.25, 0.3) is 0 Å². The van der Waals surface area contributed by atoms with E-state index >= 15 is 0 Å². The van der Waals surface area contributed by atoms with Crippen molar-refractivity contribution in [3.8, 4) is 0 Å². The lowest BCUT2D eigenvalue weighted by atomic mass is 9.85. The molecule has 2 rings (SSSR count). The van der Waals surface area contributed by atoms with E-state index in [2.05, 4.69) is 17.4 Å². The molecular weight excluding hydrogens is 336 g/mol. The third-order valence-electron chi connectivity index (χ3n) is 4.97. The maximum absolute atomic E-state index is 12.5. The summed E-state index contributed by atoms with van der Waals surface area (Å²) >= 11 is 0. The fraction of sp³-hybridized carbons (Fsp3) is 0.632.